The molecule has 0 aromatic carbocycles. The molecular formula is C10H17N3O4S. The minimum absolute atomic E-state index is 0.0816. The first kappa shape index (κ1) is 14.7. The van der Waals surface area contributed by atoms with Crippen molar-refractivity contribution in [2.75, 3.05) is 38.5 Å². The van der Waals surface area contributed by atoms with Crippen molar-refractivity contribution >= 4 is 28.3 Å². The second-order valence-corrected chi connectivity index (χ2v) is 4.34. The maximum atomic E-state index is 11.5. The van der Waals surface area contributed by atoms with Crippen LogP contribution < -0.4 is 11.1 Å². The molecule has 4 N–H and O–H groups in total. The Labute approximate surface area is 109 Å². The zero-order chi connectivity index (χ0) is 13.5. The SMILES string of the molecule is COCCC(CO)Nc1snc(N)c1C(=O)OC. The van der Waals surface area contributed by atoms with Gasteiger partial charge in [-0.3, -0.25) is 0 Å². The highest BCUT2D eigenvalue weighted by Gasteiger charge is 2.21. The monoisotopic (exact) mass is 275 g/mol. The molecular weight excluding hydrogens is 258 g/mol. The van der Waals surface area contributed by atoms with E-state index in [1.54, 1.807) is 7.11 Å². The number of aliphatic hydroxyl groups is 1. The van der Waals surface area contributed by atoms with E-state index in [0.717, 1.165) is 11.5 Å². The molecule has 0 aliphatic carbocycles. The van der Waals surface area contributed by atoms with Crippen LogP contribution in [0.4, 0.5) is 10.8 Å². The van der Waals surface area contributed by atoms with E-state index >= 15 is 0 Å². The number of aromatic nitrogens is 1. The highest BCUT2D eigenvalue weighted by molar-refractivity contribution is 7.11. The first-order valence-electron chi connectivity index (χ1n) is 5.33. The molecule has 0 saturated heterocycles. The number of nitrogens with one attached hydrogen (secondary N) is 1. The molecule has 1 aromatic heterocycles. The molecule has 1 rings (SSSR count). The van der Waals surface area contributed by atoms with Crippen LogP contribution >= 0.6 is 11.5 Å². The lowest BCUT2D eigenvalue weighted by atomic mass is 10.2. The molecule has 102 valence electrons. The van der Waals surface area contributed by atoms with Gasteiger partial charge in [-0.2, -0.15) is 4.37 Å². The van der Waals surface area contributed by atoms with E-state index in [9.17, 15) is 9.90 Å². The van der Waals surface area contributed by atoms with Gasteiger partial charge in [0, 0.05) is 13.7 Å². The van der Waals surface area contributed by atoms with Gasteiger partial charge in [0.15, 0.2) is 5.82 Å². The van der Waals surface area contributed by atoms with Crippen LogP contribution in [-0.2, 0) is 9.47 Å². The topological polar surface area (TPSA) is 107 Å². The number of nitrogens with two attached hydrogens (primary N) is 1. The van der Waals surface area contributed by atoms with Gasteiger partial charge in [-0.1, -0.05) is 0 Å². The Morgan fingerprint density at radius 3 is 2.89 bits per heavy atom. The van der Waals surface area contributed by atoms with Crippen molar-refractivity contribution in [2.24, 2.45) is 0 Å². The number of esters is 1. The molecule has 1 atom stereocenters. The molecule has 1 aromatic rings. The Balaban J connectivity index is 2.79. The summed E-state index contributed by atoms with van der Waals surface area (Å²) in [6, 6.07) is -0.229. The van der Waals surface area contributed by atoms with E-state index in [1.807, 2.05) is 0 Å². The number of hydrogen-bond donors (Lipinski definition) is 3. The predicted molar refractivity (Wildman–Crippen MR) is 68.9 cm³/mol. The van der Waals surface area contributed by atoms with Crippen LogP contribution in [0.5, 0.6) is 0 Å². The Bertz CT molecular complexity index is 396. The van der Waals surface area contributed by atoms with Crippen LogP contribution in [0.3, 0.4) is 0 Å². The number of carbonyl (C=O) groups excluding carboxylic acids is 1. The fraction of sp³-hybridized carbons (Fsp3) is 0.600. The molecule has 0 fully saturated rings. The Morgan fingerprint density at radius 1 is 1.61 bits per heavy atom. The predicted octanol–water partition coefficient (Wildman–Crippen LogP) is 0.321. The number of nitrogen functional groups attached to an aromatic ring is 1. The summed E-state index contributed by atoms with van der Waals surface area (Å²) in [5, 5.41) is 12.7. The first-order chi connectivity index (χ1) is 8.63. The molecule has 7 nitrogen and oxygen atoms in total. The van der Waals surface area contributed by atoms with Gasteiger partial charge in [-0.25, -0.2) is 4.79 Å². The van der Waals surface area contributed by atoms with Gasteiger partial charge in [-0.15, -0.1) is 0 Å². The molecule has 18 heavy (non-hydrogen) atoms. The van der Waals surface area contributed by atoms with Gasteiger partial charge >= 0.3 is 5.97 Å². The fourth-order valence-corrected chi connectivity index (χ4v) is 2.13. The zero-order valence-corrected chi connectivity index (χ0v) is 11.1. The third kappa shape index (κ3) is 3.56. The maximum Gasteiger partial charge on any atom is 0.344 e. The zero-order valence-electron chi connectivity index (χ0n) is 10.3. The molecule has 0 bridgehead atoms. The molecule has 0 aliphatic heterocycles. The summed E-state index contributed by atoms with van der Waals surface area (Å²) < 4.78 is 13.5. The van der Waals surface area contributed by atoms with Crippen LogP contribution in [-0.4, -0.2) is 48.9 Å². The minimum Gasteiger partial charge on any atom is -0.465 e. The van der Waals surface area contributed by atoms with Crippen molar-refractivity contribution in [3.63, 3.8) is 0 Å². The Hall–Kier alpha value is -1.38. The van der Waals surface area contributed by atoms with Crippen LogP contribution in [0.25, 0.3) is 0 Å². The number of hydrogen-bond acceptors (Lipinski definition) is 8. The average molecular weight is 275 g/mol. The van der Waals surface area contributed by atoms with Crippen molar-refractivity contribution in [1.29, 1.82) is 0 Å². The number of rotatable bonds is 7. The van der Waals surface area contributed by atoms with Crippen molar-refractivity contribution in [2.45, 2.75) is 12.5 Å². The van der Waals surface area contributed by atoms with E-state index in [0.29, 0.717) is 18.0 Å². The second-order valence-electron chi connectivity index (χ2n) is 3.57. The summed E-state index contributed by atoms with van der Waals surface area (Å²) in [6.07, 6.45) is 0.603. The Morgan fingerprint density at radius 2 is 2.33 bits per heavy atom. The number of anilines is 2. The molecule has 1 unspecified atom stereocenters. The third-order valence-corrected chi connectivity index (χ3v) is 3.13. The van der Waals surface area contributed by atoms with Crippen molar-refractivity contribution < 1.29 is 19.4 Å². The summed E-state index contributed by atoms with van der Waals surface area (Å²) in [4.78, 5) is 11.5. The highest BCUT2D eigenvalue weighted by Crippen LogP contribution is 2.28. The highest BCUT2D eigenvalue weighted by atomic mass is 32.1. The average Bonchev–Trinajstić information content (AvgIpc) is 2.74. The van der Waals surface area contributed by atoms with Gasteiger partial charge in [0.05, 0.1) is 19.8 Å². The van der Waals surface area contributed by atoms with E-state index in [2.05, 4.69) is 14.4 Å². The van der Waals surface area contributed by atoms with Gasteiger partial charge in [-0.05, 0) is 18.0 Å². The number of ether oxygens (including phenoxy) is 2. The number of aliphatic hydroxyl groups excluding tert-OH is 1. The fourth-order valence-electron chi connectivity index (χ4n) is 1.35. The van der Waals surface area contributed by atoms with Crippen molar-refractivity contribution in [3.8, 4) is 0 Å². The summed E-state index contributed by atoms with van der Waals surface area (Å²) in [6.45, 7) is 0.418. The molecule has 0 radical (unpaired) electrons. The number of methoxy groups -OCH3 is 2. The van der Waals surface area contributed by atoms with Gasteiger partial charge < -0.3 is 25.6 Å². The standard InChI is InChI=1S/C10H17N3O4S/c1-16-4-3-6(5-14)12-9-7(10(15)17-2)8(11)13-18-9/h6,12,14H,3-5H2,1-2H3,(H2,11,13). The minimum atomic E-state index is -0.549. The molecule has 0 spiro atoms. The van der Waals surface area contributed by atoms with Crippen molar-refractivity contribution in [3.05, 3.63) is 5.56 Å². The van der Waals surface area contributed by atoms with Crippen molar-refractivity contribution in [1.82, 2.24) is 4.37 Å². The quantitative estimate of drug-likeness (QED) is 0.615. The lowest BCUT2D eigenvalue weighted by Gasteiger charge is -2.16. The summed E-state index contributed by atoms with van der Waals surface area (Å²) in [5.41, 5.74) is 5.81. The van der Waals surface area contributed by atoms with Gasteiger partial charge in [0.25, 0.3) is 0 Å². The van der Waals surface area contributed by atoms with Gasteiger partial charge in [0.1, 0.15) is 10.6 Å². The molecule has 0 saturated carbocycles. The van der Waals surface area contributed by atoms with E-state index in [-0.39, 0.29) is 24.0 Å². The second kappa shape index (κ2) is 7.14. The Kier molecular flexibility index (Phi) is 5.83. The lowest BCUT2D eigenvalue weighted by Crippen LogP contribution is -2.25. The molecule has 8 heteroatoms. The number of carbonyl (C=O) groups is 1. The largest absolute Gasteiger partial charge is 0.465 e. The van der Waals surface area contributed by atoms with Crippen LogP contribution in [0.1, 0.15) is 16.8 Å². The van der Waals surface area contributed by atoms with Crippen LogP contribution in [0, 0.1) is 0 Å². The van der Waals surface area contributed by atoms with Gasteiger partial charge in [0.2, 0.25) is 0 Å². The first-order valence-corrected chi connectivity index (χ1v) is 6.11. The van der Waals surface area contributed by atoms with E-state index in [4.69, 9.17) is 10.5 Å². The van der Waals surface area contributed by atoms with Crippen LogP contribution in [0.15, 0.2) is 0 Å². The molecule has 0 aliphatic rings. The molecule has 0 amide bonds. The number of nitrogens with zero attached hydrogens (tertiary/aromatic N) is 1. The molecule has 1 heterocycles. The van der Waals surface area contributed by atoms with Crippen LogP contribution in [0.2, 0.25) is 0 Å². The summed E-state index contributed by atoms with van der Waals surface area (Å²) in [5.74, 6) is -0.426. The smallest absolute Gasteiger partial charge is 0.344 e. The maximum absolute atomic E-state index is 11.5. The van der Waals surface area contributed by atoms with E-state index < -0.39 is 5.97 Å². The summed E-state index contributed by atoms with van der Waals surface area (Å²) in [7, 11) is 2.86. The summed E-state index contributed by atoms with van der Waals surface area (Å²) >= 11 is 1.06. The third-order valence-electron chi connectivity index (χ3n) is 2.33. The van der Waals surface area contributed by atoms with E-state index in [1.165, 1.54) is 7.11 Å². The normalized spacial score (nSPS) is 12.2. The lowest BCUT2D eigenvalue weighted by molar-refractivity contribution is 0.0603.